The molecule has 0 aliphatic heterocycles. The Labute approximate surface area is 113 Å². The molecule has 0 bridgehead atoms. The average molecular weight is 260 g/mol. The molecule has 19 heavy (non-hydrogen) atoms. The minimum absolute atomic E-state index is 0.0621. The SMILES string of the molecule is CN[C@H](CNC(=O)c1cccc2occc12)C(C)C. The van der Waals surface area contributed by atoms with Gasteiger partial charge in [0.25, 0.3) is 5.91 Å². The highest BCUT2D eigenvalue weighted by atomic mass is 16.3. The number of carbonyl (C=O) groups excluding carboxylic acids is 1. The molecule has 2 N–H and O–H groups in total. The number of rotatable bonds is 5. The van der Waals surface area contributed by atoms with Crippen LogP contribution in [0.15, 0.2) is 34.9 Å². The van der Waals surface area contributed by atoms with Gasteiger partial charge in [-0.25, -0.2) is 0 Å². The van der Waals surface area contributed by atoms with Crippen molar-refractivity contribution < 1.29 is 9.21 Å². The third-order valence-corrected chi connectivity index (χ3v) is 3.40. The average Bonchev–Trinajstić information content (AvgIpc) is 2.86. The van der Waals surface area contributed by atoms with Gasteiger partial charge in [0.05, 0.1) is 11.8 Å². The first-order chi connectivity index (χ1) is 9.13. The van der Waals surface area contributed by atoms with Crippen molar-refractivity contribution in [3.05, 3.63) is 36.1 Å². The van der Waals surface area contributed by atoms with E-state index in [0.717, 1.165) is 11.0 Å². The summed E-state index contributed by atoms with van der Waals surface area (Å²) in [6, 6.07) is 7.60. The van der Waals surface area contributed by atoms with Gasteiger partial charge in [-0.15, -0.1) is 0 Å². The number of nitrogens with one attached hydrogen (secondary N) is 2. The first-order valence-corrected chi connectivity index (χ1v) is 6.55. The van der Waals surface area contributed by atoms with Crippen molar-refractivity contribution in [2.45, 2.75) is 19.9 Å². The highest BCUT2D eigenvalue weighted by molar-refractivity contribution is 6.05. The summed E-state index contributed by atoms with van der Waals surface area (Å²) in [4.78, 5) is 12.2. The van der Waals surface area contributed by atoms with Crippen LogP contribution in [0.3, 0.4) is 0 Å². The quantitative estimate of drug-likeness (QED) is 0.868. The molecule has 1 aromatic heterocycles. The van der Waals surface area contributed by atoms with Gasteiger partial charge in [0.2, 0.25) is 0 Å². The number of amides is 1. The van der Waals surface area contributed by atoms with Gasteiger partial charge in [0.15, 0.2) is 0 Å². The number of fused-ring (bicyclic) bond motifs is 1. The van der Waals surface area contributed by atoms with E-state index in [1.165, 1.54) is 0 Å². The number of carbonyl (C=O) groups is 1. The molecule has 0 aliphatic carbocycles. The summed E-state index contributed by atoms with van der Waals surface area (Å²) in [5.74, 6) is 0.405. The Morgan fingerprint density at radius 2 is 2.11 bits per heavy atom. The highest BCUT2D eigenvalue weighted by Crippen LogP contribution is 2.19. The molecular formula is C15H20N2O2. The second-order valence-corrected chi connectivity index (χ2v) is 4.99. The standard InChI is InChI=1S/C15H20N2O2/c1-10(2)13(16-3)9-17-15(18)12-5-4-6-14-11(12)7-8-19-14/h4-8,10,13,16H,9H2,1-3H3,(H,17,18)/t13-/m1/s1. The van der Waals surface area contributed by atoms with E-state index in [1.54, 1.807) is 6.26 Å². The molecule has 1 aromatic carbocycles. The zero-order chi connectivity index (χ0) is 13.8. The largest absolute Gasteiger partial charge is 0.464 e. The van der Waals surface area contributed by atoms with E-state index in [9.17, 15) is 4.79 Å². The van der Waals surface area contributed by atoms with Crippen molar-refractivity contribution in [3.63, 3.8) is 0 Å². The second-order valence-electron chi connectivity index (χ2n) is 4.99. The van der Waals surface area contributed by atoms with Crippen LogP contribution >= 0.6 is 0 Å². The third kappa shape index (κ3) is 2.96. The maximum absolute atomic E-state index is 12.2. The number of benzene rings is 1. The Morgan fingerprint density at radius 1 is 1.32 bits per heavy atom. The molecule has 0 saturated heterocycles. The van der Waals surface area contributed by atoms with Crippen LogP contribution in [-0.4, -0.2) is 25.5 Å². The third-order valence-electron chi connectivity index (χ3n) is 3.40. The van der Waals surface area contributed by atoms with Crippen LogP contribution in [0.1, 0.15) is 24.2 Å². The number of hydrogen-bond acceptors (Lipinski definition) is 3. The van der Waals surface area contributed by atoms with E-state index in [0.29, 0.717) is 18.0 Å². The molecule has 1 heterocycles. The Morgan fingerprint density at radius 3 is 2.79 bits per heavy atom. The normalized spacial score (nSPS) is 12.8. The van der Waals surface area contributed by atoms with Gasteiger partial charge >= 0.3 is 0 Å². The summed E-state index contributed by atoms with van der Waals surface area (Å²) in [6.07, 6.45) is 1.60. The molecule has 1 amide bonds. The highest BCUT2D eigenvalue weighted by Gasteiger charge is 2.15. The molecule has 2 aromatic rings. The van der Waals surface area contributed by atoms with Crippen LogP contribution in [0, 0.1) is 5.92 Å². The molecule has 0 unspecified atom stereocenters. The van der Waals surface area contributed by atoms with E-state index in [4.69, 9.17) is 4.42 Å². The fraction of sp³-hybridized carbons (Fsp3) is 0.400. The Hall–Kier alpha value is -1.81. The molecule has 4 nitrogen and oxygen atoms in total. The lowest BCUT2D eigenvalue weighted by Crippen LogP contribution is -2.42. The van der Waals surface area contributed by atoms with Crippen molar-refractivity contribution in [1.29, 1.82) is 0 Å². The second kappa shape index (κ2) is 5.89. The van der Waals surface area contributed by atoms with Crippen LogP contribution < -0.4 is 10.6 Å². The Balaban J connectivity index is 2.10. The Bertz CT molecular complexity index is 560. The predicted molar refractivity (Wildman–Crippen MR) is 76.2 cm³/mol. The van der Waals surface area contributed by atoms with E-state index < -0.39 is 0 Å². The first-order valence-electron chi connectivity index (χ1n) is 6.55. The smallest absolute Gasteiger partial charge is 0.252 e. The van der Waals surface area contributed by atoms with Gasteiger partial charge in [0, 0.05) is 18.0 Å². The van der Waals surface area contributed by atoms with Gasteiger partial charge in [-0.1, -0.05) is 19.9 Å². The summed E-state index contributed by atoms with van der Waals surface area (Å²) in [6.45, 7) is 4.87. The molecule has 0 radical (unpaired) electrons. The summed E-state index contributed by atoms with van der Waals surface area (Å²) in [5, 5.41) is 7.03. The first kappa shape index (κ1) is 13.6. The summed E-state index contributed by atoms with van der Waals surface area (Å²) in [7, 11) is 1.91. The zero-order valence-corrected chi connectivity index (χ0v) is 11.6. The van der Waals surface area contributed by atoms with Crippen LogP contribution in [0.4, 0.5) is 0 Å². The molecule has 1 atom stereocenters. The van der Waals surface area contributed by atoms with E-state index in [1.807, 2.05) is 31.3 Å². The fourth-order valence-electron chi connectivity index (χ4n) is 2.16. The van der Waals surface area contributed by atoms with Crippen molar-refractivity contribution in [2.24, 2.45) is 5.92 Å². The molecule has 2 rings (SSSR count). The van der Waals surface area contributed by atoms with Gasteiger partial charge < -0.3 is 15.1 Å². The fourth-order valence-corrected chi connectivity index (χ4v) is 2.16. The Kier molecular flexibility index (Phi) is 4.22. The molecule has 0 spiro atoms. The van der Waals surface area contributed by atoms with Crippen molar-refractivity contribution >= 4 is 16.9 Å². The van der Waals surface area contributed by atoms with Gasteiger partial charge in [0.1, 0.15) is 5.58 Å². The maximum atomic E-state index is 12.2. The van der Waals surface area contributed by atoms with Crippen LogP contribution in [-0.2, 0) is 0 Å². The summed E-state index contributed by atoms with van der Waals surface area (Å²) in [5.41, 5.74) is 1.39. The van der Waals surface area contributed by atoms with Gasteiger partial charge in [-0.3, -0.25) is 4.79 Å². The molecule has 4 heteroatoms. The number of furan rings is 1. The molecule has 0 aliphatic rings. The van der Waals surface area contributed by atoms with Crippen LogP contribution in [0.25, 0.3) is 11.0 Å². The predicted octanol–water partition coefficient (Wildman–Crippen LogP) is 2.41. The van der Waals surface area contributed by atoms with Crippen molar-refractivity contribution in [1.82, 2.24) is 10.6 Å². The minimum Gasteiger partial charge on any atom is -0.464 e. The maximum Gasteiger partial charge on any atom is 0.252 e. The summed E-state index contributed by atoms with van der Waals surface area (Å²) < 4.78 is 5.30. The lowest BCUT2D eigenvalue weighted by atomic mass is 10.0. The van der Waals surface area contributed by atoms with E-state index >= 15 is 0 Å². The van der Waals surface area contributed by atoms with Gasteiger partial charge in [-0.2, -0.15) is 0 Å². The van der Waals surface area contributed by atoms with E-state index in [2.05, 4.69) is 24.5 Å². The lowest BCUT2D eigenvalue weighted by Gasteiger charge is -2.20. The number of likely N-dealkylation sites (N-methyl/N-ethyl adjacent to an activating group) is 1. The van der Waals surface area contributed by atoms with E-state index in [-0.39, 0.29) is 11.9 Å². The molecule has 0 fully saturated rings. The molecule has 0 saturated carbocycles. The van der Waals surface area contributed by atoms with Crippen LogP contribution in [0.2, 0.25) is 0 Å². The molecule has 102 valence electrons. The molecular weight excluding hydrogens is 240 g/mol. The summed E-state index contributed by atoms with van der Waals surface area (Å²) >= 11 is 0. The lowest BCUT2D eigenvalue weighted by molar-refractivity contribution is 0.0949. The van der Waals surface area contributed by atoms with Crippen LogP contribution in [0.5, 0.6) is 0 Å². The monoisotopic (exact) mass is 260 g/mol. The minimum atomic E-state index is -0.0621. The topological polar surface area (TPSA) is 54.3 Å². The number of hydrogen-bond donors (Lipinski definition) is 2. The van der Waals surface area contributed by atoms with Crippen molar-refractivity contribution in [2.75, 3.05) is 13.6 Å². The van der Waals surface area contributed by atoms with Crippen molar-refractivity contribution in [3.8, 4) is 0 Å². The van der Waals surface area contributed by atoms with Gasteiger partial charge in [-0.05, 0) is 31.2 Å². The zero-order valence-electron chi connectivity index (χ0n) is 11.6.